The van der Waals surface area contributed by atoms with Gasteiger partial charge in [0.1, 0.15) is 17.2 Å². The largest absolute Gasteiger partial charge is 0.497 e. The molecule has 0 radical (unpaired) electrons. The Kier molecular flexibility index (Phi) is 10.9. The Labute approximate surface area is 261 Å². The maximum absolute atomic E-state index is 13.5. The van der Waals surface area contributed by atoms with Gasteiger partial charge in [-0.05, 0) is 60.7 Å². The minimum Gasteiger partial charge on any atom is -0.497 e. The minimum absolute atomic E-state index is 0.0758. The fraction of sp³-hybridized carbons (Fsp3) is 0.121. The lowest BCUT2D eigenvalue weighted by Gasteiger charge is -2.14. The molecule has 4 aromatic carbocycles. The molecule has 0 aliphatic carbocycles. The molecule has 0 aromatic heterocycles. The first-order valence-electron chi connectivity index (χ1n) is 13.4. The molecule has 8 nitrogen and oxygen atoms in total. The first-order valence-corrected chi connectivity index (χ1v) is 14.4. The molecule has 45 heavy (non-hydrogen) atoms. The molecule has 0 aliphatic rings. The molecule has 4 rings (SSSR count). The van der Waals surface area contributed by atoms with Crippen molar-refractivity contribution in [2.75, 3.05) is 30.6 Å². The smallest absolute Gasteiger partial charge is 0.418 e. The van der Waals surface area contributed by atoms with E-state index in [1.807, 2.05) is 0 Å². The minimum atomic E-state index is -4.62. The van der Waals surface area contributed by atoms with Gasteiger partial charge in [-0.1, -0.05) is 36.4 Å². The first-order chi connectivity index (χ1) is 21.6. The number of anilines is 2. The highest BCUT2D eigenvalue weighted by Gasteiger charge is 2.33. The summed E-state index contributed by atoms with van der Waals surface area (Å²) in [5, 5.41) is 7.71. The van der Waals surface area contributed by atoms with Gasteiger partial charge in [0.05, 0.1) is 31.2 Å². The zero-order chi connectivity index (χ0) is 32.4. The van der Waals surface area contributed by atoms with Gasteiger partial charge in [-0.15, -0.1) is 11.8 Å². The Morgan fingerprint density at radius 3 is 2.27 bits per heavy atom. The molecule has 0 atom stereocenters. The summed E-state index contributed by atoms with van der Waals surface area (Å²) in [5.41, 5.74) is -0.153. The number of para-hydroxylation sites is 1. The SMILES string of the molecule is COc1ccc(/C=C(/NC(=O)c2ccccc2)C(=O)Nc2cccc(SCC(=O)Nc3ccccc3C(F)(F)F)c2)c(OC)c1. The Balaban J connectivity index is 1.50. The molecular formula is C33H28F3N3O5S. The normalized spacial score (nSPS) is 11.4. The van der Waals surface area contributed by atoms with E-state index < -0.39 is 29.5 Å². The Bertz CT molecular complexity index is 1710. The van der Waals surface area contributed by atoms with Gasteiger partial charge < -0.3 is 25.4 Å². The zero-order valence-electron chi connectivity index (χ0n) is 24.1. The predicted octanol–water partition coefficient (Wildman–Crippen LogP) is 6.86. The Morgan fingerprint density at radius 2 is 1.56 bits per heavy atom. The number of amides is 3. The van der Waals surface area contributed by atoms with Crippen LogP contribution >= 0.6 is 11.8 Å². The lowest BCUT2D eigenvalue weighted by Crippen LogP contribution is -2.30. The molecule has 232 valence electrons. The van der Waals surface area contributed by atoms with Gasteiger partial charge in [-0.2, -0.15) is 13.2 Å². The van der Waals surface area contributed by atoms with Crippen LogP contribution in [0, 0.1) is 0 Å². The van der Waals surface area contributed by atoms with E-state index in [1.165, 1.54) is 38.5 Å². The molecule has 0 saturated heterocycles. The average Bonchev–Trinajstić information content (AvgIpc) is 3.04. The van der Waals surface area contributed by atoms with E-state index in [1.54, 1.807) is 72.8 Å². The van der Waals surface area contributed by atoms with Crippen LogP contribution in [0.2, 0.25) is 0 Å². The highest BCUT2D eigenvalue weighted by molar-refractivity contribution is 8.00. The summed E-state index contributed by atoms with van der Waals surface area (Å²) in [4.78, 5) is 39.5. The van der Waals surface area contributed by atoms with E-state index in [2.05, 4.69) is 16.0 Å². The summed E-state index contributed by atoms with van der Waals surface area (Å²) in [5.74, 6) is -1.01. The van der Waals surface area contributed by atoms with E-state index in [9.17, 15) is 27.6 Å². The molecule has 3 amide bonds. The zero-order valence-corrected chi connectivity index (χ0v) is 24.9. The van der Waals surface area contributed by atoms with E-state index in [0.717, 1.165) is 17.8 Å². The lowest BCUT2D eigenvalue weighted by molar-refractivity contribution is -0.137. The summed E-state index contributed by atoms with van der Waals surface area (Å²) in [6.45, 7) is 0. The number of methoxy groups -OCH3 is 2. The molecule has 0 unspecified atom stereocenters. The van der Waals surface area contributed by atoms with Crippen molar-refractivity contribution in [1.82, 2.24) is 5.32 Å². The Hall–Kier alpha value is -5.23. The number of nitrogens with one attached hydrogen (secondary N) is 3. The summed E-state index contributed by atoms with van der Waals surface area (Å²) in [6, 6.07) is 24.6. The van der Waals surface area contributed by atoms with E-state index in [-0.39, 0.29) is 17.1 Å². The maximum atomic E-state index is 13.5. The third kappa shape index (κ3) is 9.13. The fourth-order valence-corrected chi connectivity index (χ4v) is 4.83. The van der Waals surface area contributed by atoms with Crippen LogP contribution < -0.4 is 25.4 Å². The molecule has 0 heterocycles. The van der Waals surface area contributed by atoms with Crippen molar-refractivity contribution in [2.45, 2.75) is 11.1 Å². The van der Waals surface area contributed by atoms with Gasteiger partial charge in [0.2, 0.25) is 5.91 Å². The van der Waals surface area contributed by atoms with E-state index in [0.29, 0.717) is 33.2 Å². The van der Waals surface area contributed by atoms with Crippen molar-refractivity contribution in [3.8, 4) is 11.5 Å². The number of alkyl halides is 3. The molecule has 0 bridgehead atoms. The lowest BCUT2D eigenvalue weighted by atomic mass is 10.1. The number of thioether (sulfide) groups is 1. The number of carbonyl (C=O) groups excluding carboxylic acids is 3. The molecule has 0 saturated carbocycles. The van der Waals surface area contributed by atoms with E-state index >= 15 is 0 Å². The van der Waals surface area contributed by atoms with Crippen LogP contribution in [-0.2, 0) is 15.8 Å². The highest BCUT2D eigenvalue weighted by Crippen LogP contribution is 2.35. The topological polar surface area (TPSA) is 106 Å². The van der Waals surface area contributed by atoms with Gasteiger partial charge in [0.25, 0.3) is 11.8 Å². The quantitative estimate of drug-likeness (QED) is 0.123. The first kappa shape index (κ1) is 32.7. The highest BCUT2D eigenvalue weighted by atomic mass is 32.2. The van der Waals surface area contributed by atoms with Crippen LogP contribution in [0.4, 0.5) is 24.5 Å². The van der Waals surface area contributed by atoms with Crippen molar-refractivity contribution in [1.29, 1.82) is 0 Å². The number of benzene rings is 4. The van der Waals surface area contributed by atoms with Crippen LogP contribution in [-0.4, -0.2) is 37.7 Å². The summed E-state index contributed by atoms with van der Waals surface area (Å²) in [6.07, 6.45) is -3.15. The maximum Gasteiger partial charge on any atom is 0.418 e. The monoisotopic (exact) mass is 635 g/mol. The number of rotatable bonds is 11. The molecule has 4 aromatic rings. The predicted molar refractivity (Wildman–Crippen MR) is 167 cm³/mol. The molecule has 0 spiro atoms. The summed E-state index contributed by atoms with van der Waals surface area (Å²) >= 11 is 1.07. The third-order valence-electron chi connectivity index (χ3n) is 6.24. The Morgan fingerprint density at radius 1 is 0.822 bits per heavy atom. The molecule has 3 N–H and O–H groups in total. The second-order valence-electron chi connectivity index (χ2n) is 9.35. The van der Waals surface area contributed by atoms with Gasteiger partial charge in [-0.3, -0.25) is 14.4 Å². The second-order valence-corrected chi connectivity index (χ2v) is 10.4. The van der Waals surface area contributed by atoms with Crippen LogP contribution in [0.1, 0.15) is 21.5 Å². The summed E-state index contributed by atoms with van der Waals surface area (Å²) in [7, 11) is 2.97. The van der Waals surface area contributed by atoms with Gasteiger partial charge in [-0.25, -0.2) is 0 Å². The van der Waals surface area contributed by atoms with Gasteiger partial charge in [0, 0.05) is 27.8 Å². The fourth-order valence-electron chi connectivity index (χ4n) is 4.07. The van der Waals surface area contributed by atoms with Crippen LogP contribution in [0.5, 0.6) is 11.5 Å². The number of hydrogen-bond donors (Lipinski definition) is 3. The molecule has 0 aliphatic heterocycles. The second kappa shape index (κ2) is 15.0. The van der Waals surface area contributed by atoms with Crippen LogP contribution in [0.25, 0.3) is 6.08 Å². The van der Waals surface area contributed by atoms with Gasteiger partial charge >= 0.3 is 6.18 Å². The average molecular weight is 636 g/mol. The van der Waals surface area contributed by atoms with Crippen LogP contribution in [0.15, 0.2) is 108 Å². The molecule has 12 heteroatoms. The van der Waals surface area contributed by atoms with Gasteiger partial charge in [0.15, 0.2) is 0 Å². The number of hydrogen-bond acceptors (Lipinski definition) is 6. The standard InChI is InChI=1S/C33H28F3N3O5S/c1-43-24-16-15-22(29(19-24)44-2)17-28(39-31(41)21-9-4-3-5-10-21)32(42)37-23-11-8-12-25(18-23)45-20-30(40)38-27-14-7-6-13-26(27)33(34,35)36/h3-19H,20H2,1-2H3,(H,37,42)(H,38,40)(H,39,41)/b28-17+. The number of halogens is 3. The van der Waals surface area contributed by atoms with Crippen molar-refractivity contribution < 1.29 is 37.0 Å². The molecule has 0 fully saturated rings. The summed E-state index contributed by atoms with van der Waals surface area (Å²) < 4.78 is 50.5. The van der Waals surface area contributed by atoms with E-state index in [4.69, 9.17) is 9.47 Å². The molecular weight excluding hydrogens is 607 g/mol. The van der Waals surface area contributed by atoms with Crippen molar-refractivity contribution in [2.24, 2.45) is 0 Å². The van der Waals surface area contributed by atoms with Crippen LogP contribution in [0.3, 0.4) is 0 Å². The number of ether oxygens (including phenoxy) is 2. The van der Waals surface area contributed by atoms with Crippen molar-refractivity contribution >= 4 is 46.9 Å². The van der Waals surface area contributed by atoms with Crippen molar-refractivity contribution in [3.05, 3.63) is 119 Å². The third-order valence-corrected chi connectivity index (χ3v) is 7.23. The number of carbonyl (C=O) groups is 3. The van der Waals surface area contributed by atoms with Crippen molar-refractivity contribution in [3.63, 3.8) is 0 Å².